The third kappa shape index (κ3) is 4.18. The van der Waals surface area contributed by atoms with Crippen LogP contribution in [0.5, 0.6) is 0 Å². The fraction of sp³-hybridized carbons (Fsp3) is 0.455. The van der Waals surface area contributed by atoms with Crippen molar-refractivity contribution in [1.82, 2.24) is 14.7 Å². The van der Waals surface area contributed by atoms with Gasteiger partial charge in [0.2, 0.25) is 5.89 Å². The molecule has 2 N–H and O–H groups in total. The zero-order valence-corrected chi connectivity index (χ0v) is 11.4. The van der Waals surface area contributed by atoms with Gasteiger partial charge in [0.1, 0.15) is 9.84 Å². The van der Waals surface area contributed by atoms with Crippen molar-refractivity contribution in [3.63, 3.8) is 0 Å². The molecule has 0 spiro atoms. The molecule has 2 aromatic heterocycles. The van der Waals surface area contributed by atoms with Crippen LogP contribution in [0, 0.1) is 0 Å². The van der Waals surface area contributed by atoms with Gasteiger partial charge in [0.15, 0.2) is 5.82 Å². The molecule has 0 aliphatic heterocycles. The second-order valence-electron chi connectivity index (χ2n) is 4.43. The minimum atomic E-state index is -3.04. The third-order valence-electron chi connectivity index (χ3n) is 2.59. The van der Waals surface area contributed by atoms with Gasteiger partial charge in [0.25, 0.3) is 0 Å². The standard InChI is InChI=1S/C11H16N4O3S/c1-19(16,17)7-4-9(12)11-13-10(14-18-11)8-15-5-2-3-6-15/h2-3,5-6,9H,4,7-8,12H2,1H3. The molecule has 0 radical (unpaired) electrons. The van der Waals surface area contributed by atoms with Crippen molar-refractivity contribution >= 4 is 9.84 Å². The number of hydrogen-bond acceptors (Lipinski definition) is 6. The van der Waals surface area contributed by atoms with Crippen LogP contribution >= 0.6 is 0 Å². The quantitative estimate of drug-likeness (QED) is 0.821. The van der Waals surface area contributed by atoms with E-state index in [-0.39, 0.29) is 18.1 Å². The molecule has 0 aliphatic rings. The van der Waals surface area contributed by atoms with Gasteiger partial charge < -0.3 is 14.8 Å². The van der Waals surface area contributed by atoms with Crippen molar-refractivity contribution in [1.29, 1.82) is 0 Å². The van der Waals surface area contributed by atoms with Crippen molar-refractivity contribution in [2.75, 3.05) is 12.0 Å². The predicted molar refractivity (Wildman–Crippen MR) is 69.1 cm³/mol. The van der Waals surface area contributed by atoms with Crippen molar-refractivity contribution in [2.24, 2.45) is 5.73 Å². The van der Waals surface area contributed by atoms with Crippen LogP contribution in [0.4, 0.5) is 0 Å². The summed E-state index contributed by atoms with van der Waals surface area (Å²) >= 11 is 0. The summed E-state index contributed by atoms with van der Waals surface area (Å²) in [5.41, 5.74) is 5.82. The second-order valence-corrected chi connectivity index (χ2v) is 6.69. The van der Waals surface area contributed by atoms with Gasteiger partial charge in [-0.1, -0.05) is 5.16 Å². The molecule has 1 atom stereocenters. The Morgan fingerprint density at radius 2 is 2.11 bits per heavy atom. The Bertz CT molecular complexity index is 618. The molecule has 0 aliphatic carbocycles. The van der Waals surface area contributed by atoms with Crippen LogP contribution in [0.25, 0.3) is 0 Å². The zero-order chi connectivity index (χ0) is 13.9. The second kappa shape index (κ2) is 5.54. The summed E-state index contributed by atoms with van der Waals surface area (Å²) in [6, 6.07) is 3.25. The molecule has 0 amide bonds. The van der Waals surface area contributed by atoms with Gasteiger partial charge in [0, 0.05) is 18.6 Å². The largest absolute Gasteiger partial charge is 0.347 e. The molecule has 0 saturated carbocycles. The van der Waals surface area contributed by atoms with Crippen LogP contribution < -0.4 is 5.73 Å². The molecule has 0 aromatic carbocycles. The molecule has 0 saturated heterocycles. The summed E-state index contributed by atoms with van der Waals surface area (Å²) in [5, 5.41) is 3.82. The van der Waals surface area contributed by atoms with Gasteiger partial charge in [-0.25, -0.2) is 8.42 Å². The Morgan fingerprint density at radius 3 is 2.74 bits per heavy atom. The van der Waals surface area contributed by atoms with E-state index >= 15 is 0 Å². The Morgan fingerprint density at radius 1 is 1.42 bits per heavy atom. The van der Waals surface area contributed by atoms with Gasteiger partial charge in [-0.15, -0.1) is 0 Å². The molecule has 2 aromatic rings. The van der Waals surface area contributed by atoms with Crippen molar-refractivity contribution in [2.45, 2.75) is 19.0 Å². The first-order valence-corrected chi connectivity index (χ1v) is 7.86. The highest BCUT2D eigenvalue weighted by Gasteiger charge is 2.16. The molecular weight excluding hydrogens is 268 g/mol. The lowest BCUT2D eigenvalue weighted by atomic mass is 10.2. The minimum Gasteiger partial charge on any atom is -0.347 e. The maximum absolute atomic E-state index is 11.1. The molecule has 8 heteroatoms. The van der Waals surface area contributed by atoms with E-state index in [0.717, 1.165) is 0 Å². The van der Waals surface area contributed by atoms with Crippen LogP contribution in [0.3, 0.4) is 0 Å². The van der Waals surface area contributed by atoms with Crippen LogP contribution in [-0.2, 0) is 16.4 Å². The lowest BCUT2D eigenvalue weighted by Gasteiger charge is -2.04. The van der Waals surface area contributed by atoms with Crippen LogP contribution in [0.2, 0.25) is 0 Å². The maximum atomic E-state index is 11.1. The monoisotopic (exact) mass is 284 g/mol. The molecule has 2 rings (SSSR count). The van der Waals surface area contributed by atoms with Crippen molar-refractivity contribution in [3.8, 4) is 0 Å². The van der Waals surface area contributed by atoms with Crippen LogP contribution in [0.15, 0.2) is 29.0 Å². The highest BCUT2D eigenvalue weighted by molar-refractivity contribution is 7.90. The fourth-order valence-electron chi connectivity index (χ4n) is 1.59. The molecule has 104 valence electrons. The smallest absolute Gasteiger partial charge is 0.243 e. The van der Waals surface area contributed by atoms with Gasteiger partial charge in [-0.2, -0.15) is 4.98 Å². The first-order valence-electron chi connectivity index (χ1n) is 5.80. The van der Waals surface area contributed by atoms with E-state index in [1.807, 2.05) is 29.1 Å². The number of rotatable bonds is 6. The number of aromatic nitrogens is 3. The SMILES string of the molecule is CS(=O)(=O)CCC(N)c1nc(Cn2cccc2)no1. The van der Waals surface area contributed by atoms with Crippen LogP contribution in [0.1, 0.15) is 24.2 Å². The van der Waals surface area contributed by atoms with E-state index in [4.69, 9.17) is 10.3 Å². The number of nitrogens with zero attached hydrogens (tertiary/aromatic N) is 3. The van der Waals surface area contributed by atoms with E-state index in [2.05, 4.69) is 10.1 Å². The molecule has 1 unspecified atom stereocenters. The van der Waals surface area contributed by atoms with E-state index in [9.17, 15) is 8.42 Å². The van der Waals surface area contributed by atoms with Crippen molar-refractivity contribution in [3.05, 3.63) is 36.2 Å². The Kier molecular flexibility index (Phi) is 4.01. The van der Waals surface area contributed by atoms with Gasteiger partial charge >= 0.3 is 0 Å². The van der Waals surface area contributed by atoms with Crippen LogP contribution in [-0.4, -0.2) is 35.1 Å². The third-order valence-corrected chi connectivity index (χ3v) is 3.57. The number of sulfone groups is 1. The highest BCUT2D eigenvalue weighted by atomic mass is 32.2. The Hall–Kier alpha value is -1.67. The lowest BCUT2D eigenvalue weighted by molar-refractivity contribution is 0.347. The molecule has 2 heterocycles. The molecule has 19 heavy (non-hydrogen) atoms. The first-order chi connectivity index (χ1) is 8.94. The lowest BCUT2D eigenvalue weighted by Crippen LogP contribution is -2.16. The zero-order valence-electron chi connectivity index (χ0n) is 10.6. The summed E-state index contributed by atoms with van der Waals surface area (Å²) in [4.78, 5) is 4.17. The molecule has 7 nitrogen and oxygen atoms in total. The average molecular weight is 284 g/mol. The van der Waals surface area contributed by atoms with Gasteiger partial charge in [-0.05, 0) is 18.6 Å². The summed E-state index contributed by atoms with van der Waals surface area (Å²) < 4.78 is 29.1. The summed E-state index contributed by atoms with van der Waals surface area (Å²) in [6.45, 7) is 0.495. The van der Waals surface area contributed by atoms with E-state index in [1.54, 1.807) is 0 Å². The molecule has 0 fully saturated rings. The summed E-state index contributed by atoms with van der Waals surface area (Å²) in [7, 11) is -3.04. The normalized spacial score (nSPS) is 13.6. The molecule has 0 bridgehead atoms. The summed E-state index contributed by atoms with van der Waals surface area (Å²) in [5.74, 6) is 0.788. The summed E-state index contributed by atoms with van der Waals surface area (Å²) in [6.07, 6.45) is 5.22. The van der Waals surface area contributed by atoms with E-state index in [0.29, 0.717) is 12.4 Å². The Labute approximate surface area is 111 Å². The average Bonchev–Trinajstić information content (AvgIpc) is 2.97. The predicted octanol–water partition coefficient (Wildman–Crippen LogP) is 0.354. The minimum absolute atomic E-state index is 0.00345. The van der Waals surface area contributed by atoms with Crippen molar-refractivity contribution < 1.29 is 12.9 Å². The van der Waals surface area contributed by atoms with E-state index < -0.39 is 15.9 Å². The first kappa shape index (κ1) is 13.8. The van der Waals surface area contributed by atoms with E-state index in [1.165, 1.54) is 6.26 Å². The topological polar surface area (TPSA) is 104 Å². The molecular formula is C11H16N4O3S. The fourth-order valence-corrected chi connectivity index (χ4v) is 2.27. The van der Waals surface area contributed by atoms with Gasteiger partial charge in [-0.3, -0.25) is 0 Å². The van der Waals surface area contributed by atoms with Gasteiger partial charge in [0.05, 0.1) is 18.3 Å². The Balaban J connectivity index is 1.96. The number of hydrogen-bond donors (Lipinski definition) is 1. The highest BCUT2D eigenvalue weighted by Crippen LogP contribution is 2.13. The maximum Gasteiger partial charge on any atom is 0.243 e. The number of nitrogens with two attached hydrogens (primary N) is 1.